The van der Waals surface area contributed by atoms with Gasteiger partial charge < -0.3 is 9.80 Å². The molecule has 0 spiro atoms. The predicted molar refractivity (Wildman–Crippen MR) is 122 cm³/mol. The molecule has 5 rings (SSSR count). The van der Waals surface area contributed by atoms with E-state index >= 15 is 0 Å². The minimum Gasteiger partial charge on any atom is -0.327 e. The zero-order valence-corrected chi connectivity index (χ0v) is 17.9. The Bertz CT molecular complexity index is 1090. The number of aromatic nitrogens is 1. The minimum absolute atomic E-state index is 0.0255. The molecule has 0 N–H and O–H groups in total. The van der Waals surface area contributed by atoms with Crippen molar-refractivity contribution in [3.8, 4) is 11.1 Å². The number of hydrogen-bond donors (Lipinski definition) is 0. The Morgan fingerprint density at radius 1 is 0.812 bits per heavy atom. The number of fused-ring (bicyclic) bond motifs is 1. The van der Waals surface area contributed by atoms with Crippen LogP contribution in [0.1, 0.15) is 11.1 Å². The van der Waals surface area contributed by atoms with E-state index in [0.717, 1.165) is 18.7 Å². The molecule has 0 radical (unpaired) electrons. The van der Waals surface area contributed by atoms with Crippen LogP contribution in [-0.2, 0) is 22.7 Å². The molecule has 6 heteroatoms. The summed E-state index contributed by atoms with van der Waals surface area (Å²) in [6, 6.07) is 22.3. The molecule has 3 heterocycles. The Balaban J connectivity index is 1.25. The summed E-state index contributed by atoms with van der Waals surface area (Å²) in [5.74, 6) is 0.0583. The molecule has 162 valence electrons. The van der Waals surface area contributed by atoms with Crippen LogP contribution < -0.4 is 0 Å². The molecule has 2 aliphatic heterocycles. The van der Waals surface area contributed by atoms with Crippen molar-refractivity contribution in [1.29, 1.82) is 0 Å². The van der Waals surface area contributed by atoms with Crippen LogP contribution in [0.3, 0.4) is 0 Å². The zero-order valence-electron chi connectivity index (χ0n) is 17.9. The summed E-state index contributed by atoms with van der Waals surface area (Å²) >= 11 is 0. The van der Waals surface area contributed by atoms with Gasteiger partial charge in [0.15, 0.2) is 0 Å². The van der Waals surface area contributed by atoms with E-state index in [4.69, 9.17) is 0 Å². The van der Waals surface area contributed by atoms with Gasteiger partial charge in [-0.3, -0.25) is 19.5 Å². The smallest absolute Gasteiger partial charge is 0.247 e. The summed E-state index contributed by atoms with van der Waals surface area (Å²) in [4.78, 5) is 35.7. The summed E-state index contributed by atoms with van der Waals surface area (Å²) in [5.41, 5.74) is 4.54. The van der Waals surface area contributed by atoms with E-state index in [-0.39, 0.29) is 18.4 Å². The van der Waals surface area contributed by atoms with Crippen LogP contribution in [0.2, 0.25) is 0 Å². The van der Waals surface area contributed by atoms with Crippen LogP contribution in [0.15, 0.2) is 79.1 Å². The van der Waals surface area contributed by atoms with Crippen molar-refractivity contribution in [3.63, 3.8) is 0 Å². The lowest BCUT2D eigenvalue weighted by Crippen LogP contribution is -2.66. The van der Waals surface area contributed by atoms with Crippen molar-refractivity contribution in [1.82, 2.24) is 19.7 Å². The lowest BCUT2D eigenvalue weighted by atomic mass is 10.0. The quantitative estimate of drug-likeness (QED) is 0.630. The van der Waals surface area contributed by atoms with E-state index < -0.39 is 6.04 Å². The Morgan fingerprint density at radius 2 is 1.59 bits per heavy atom. The van der Waals surface area contributed by atoms with Gasteiger partial charge in [0, 0.05) is 45.1 Å². The van der Waals surface area contributed by atoms with Crippen LogP contribution in [0.25, 0.3) is 11.1 Å². The van der Waals surface area contributed by atoms with E-state index in [1.807, 2.05) is 30.3 Å². The van der Waals surface area contributed by atoms with E-state index in [2.05, 4.69) is 46.3 Å². The Labute approximate surface area is 188 Å². The maximum atomic E-state index is 13.2. The monoisotopic (exact) mass is 426 g/mol. The maximum Gasteiger partial charge on any atom is 0.247 e. The van der Waals surface area contributed by atoms with E-state index in [1.165, 1.54) is 16.7 Å². The van der Waals surface area contributed by atoms with Gasteiger partial charge in [-0.1, -0.05) is 60.7 Å². The standard InChI is InChI=1S/C26H26N4O2/c31-25-19-29(17-21-5-4-12-27-15-21)26(32)24-18-28(13-14-30(24)25)16-20-8-10-23(11-9-20)22-6-2-1-3-7-22/h1-12,15,24H,13-14,16-19H2. The molecular weight excluding hydrogens is 400 g/mol. The van der Waals surface area contributed by atoms with Crippen LogP contribution in [-0.4, -0.2) is 63.7 Å². The molecule has 2 amide bonds. The summed E-state index contributed by atoms with van der Waals surface area (Å²) in [6.45, 7) is 3.27. The first-order valence-corrected chi connectivity index (χ1v) is 11.0. The molecule has 2 fully saturated rings. The first-order chi connectivity index (χ1) is 15.7. The topological polar surface area (TPSA) is 56.8 Å². The fourth-order valence-electron chi connectivity index (χ4n) is 4.57. The summed E-state index contributed by atoms with van der Waals surface area (Å²) < 4.78 is 0. The molecule has 0 aliphatic carbocycles. The summed E-state index contributed by atoms with van der Waals surface area (Å²) in [5, 5.41) is 0. The van der Waals surface area contributed by atoms with Crippen LogP contribution in [0.4, 0.5) is 0 Å². The second-order valence-corrected chi connectivity index (χ2v) is 8.46. The molecule has 6 nitrogen and oxygen atoms in total. The Morgan fingerprint density at radius 3 is 2.34 bits per heavy atom. The average Bonchev–Trinajstić information content (AvgIpc) is 2.84. The first-order valence-electron chi connectivity index (χ1n) is 11.0. The Hall–Kier alpha value is -3.51. The maximum absolute atomic E-state index is 13.2. The van der Waals surface area contributed by atoms with E-state index in [9.17, 15) is 9.59 Å². The molecule has 2 aromatic carbocycles. The van der Waals surface area contributed by atoms with Crippen molar-refractivity contribution < 1.29 is 9.59 Å². The number of piperazine rings is 2. The van der Waals surface area contributed by atoms with Gasteiger partial charge in [0.2, 0.25) is 11.8 Å². The van der Waals surface area contributed by atoms with Crippen molar-refractivity contribution >= 4 is 11.8 Å². The van der Waals surface area contributed by atoms with Crippen LogP contribution in [0, 0.1) is 0 Å². The highest BCUT2D eigenvalue weighted by molar-refractivity contribution is 5.95. The number of amides is 2. The fraction of sp³-hybridized carbons (Fsp3) is 0.269. The predicted octanol–water partition coefficient (Wildman–Crippen LogP) is 2.80. The molecule has 0 bridgehead atoms. The molecule has 1 unspecified atom stereocenters. The van der Waals surface area contributed by atoms with Gasteiger partial charge in [-0.2, -0.15) is 0 Å². The lowest BCUT2D eigenvalue weighted by Gasteiger charge is -2.46. The average molecular weight is 427 g/mol. The third-order valence-electron chi connectivity index (χ3n) is 6.27. The van der Waals surface area contributed by atoms with Crippen molar-refractivity contribution in [2.45, 2.75) is 19.1 Å². The molecule has 0 saturated carbocycles. The number of pyridine rings is 1. The number of nitrogens with zero attached hydrogens (tertiary/aromatic N) is 4. The van der Waals surface area contributed by atoms with Gasteiger partial charge in [0.05, 0.1) is 0 Å². The fourth-order valence-corrected chi connectivity index (χ4v) is 4.57. The highest BCUT2D eigenvalue weighted by atomic mass is 16.2. The number of rotatable bonds is 5. The third-order valence-corrected chi connectivity index (χ3v) is 6.27. The number of carbonyl (C=O) groups excluding carboxylic acids is 2. The highest BCUT2D eigenvalue weighted by Crippen LogP contribution is 2.23. The van der Waals surface area contributed by atoms with Gasteiger partial charge in [-0.05, 0) is 28.3 Å². The van der Waals surface area contributed by atoms with E-state index in [1.54, 1.807) is 22.2 Å². The van der Waals surface area contributed by atoms with Crippen molar-refractivity contribution in [3.05, 3.63) is 90.3 Å². The SMILES string of the molecule is O=C1C2CN(Cc3ccc(-c4ccccc4)cc3)CCN2C(=O)CN1Cc1cccnc1. The van der Waals surface area contributed by atoms with Crippen LogP contribution >= 0.6 is 0 Å². The van der Waals surface area contributed by atoms with Gasteiger partial charge in [-0.25, -0.2) is 0 Å². The molecule has 2 aliphatic rings. The normalized spacial score (nSPS) is 19.2. The molecule has 1 aromatic heterocycles. The highest BCUT2D eigenvalue weighted by Gasteiger charge is 2.42. The van der Waals surface area contributed by atoms with Gasteiger partial charge >= 0.3 is 0 Å². The Kier molecular flexibility index (Phi) is 5.69. The van der Waals surface area contributed by atoms with Crippen molar-refractivity contribution in [2.75, 3.05) is 26.2 Å². The number of hydrogen-bond acceptors (Lipinski definition) is 4. The lowest BCUT2D eigenvalue weighted by molar-refractivity contribution is -0.160. The molecule has 32 heavy (non-hydrogen) atoms. The molecule has 3 aromatic rings. The first kappa shape index (κ1) is 20.4. The molecule has 2 saturated heterocycles. The zero-order chi connectivity index (χ0) is 21.9. The largest absolute Gasteiger partial charge is 0.327 e. The van der Waals surface area contributed by atoms with Crippen LogP contribution in [0.5, 0.6) is 0 Å². The van der Waals surface area contributed by atoms with Gasteiger partial charge in [0.25, 0.3) is 0 Å². The summed E-state index contributed by atoms with van der Waals surface area (Å²) in [7, 11) is 0. The van der Waals surface area contributed by atoms with Gasteiger partial charge in [-0.15, -0.1) is 0 Å². The molecular formula is C26H26N4O2. The summed E-state index contributed by atoms with van der Waals surface area (Å²) in [6.07, 6.45) is 3.45. The molecule has 1 atom stereocenters. The van der Waals surface area contributed by atoms with Crippen molar-refractivity contribution in [2.24, 2.45) is 0 Å². The number of carbonyl (C=O) groups is 2. The van der Waals surface area contributed by atoms with Gasteiger partial charge in [0.1, 0.15) is 12.6 Å². The number of benzene rings is 2. The minimum atomic E-state index is -0.412. The van der Waals surface area contributed by atoms with E-state index in [0.29, 0.717) is 19.6 Å². The third kappa shape index (κ3) is 4.27. The second-order valence-electron chi connectivity index (χ2n) is 8.46. The second kappa shape index (κ2) is 8.93.